The van der Waals surface area contributed by atoms with Crippen LogP contribution in [0.3, 0.4) is 0 Å². The van der Waals surface area contributed by atoms with Crippen molar-refractivity contribution < 1.29 is 22.7 Å². The van der Waals surface area contributed by atoms with E-state index in [-0.39, 0.29) is 47.0 Å². The van der Waals surface area contributed by atoms with Crippen LogP contribution >= 0.6 is 0 Å². The monoisotopic (exact) mass is 342 g/mol. The van der Waals surface area contributed by atoms with E-state index in [4.69, 9.17) is 0 Å². The minimum Gasteiger partial charge on any atom is -1.00 e. The Hall–Kier alpha value is 0.200. The van der Waals surface area contributed by atoms with Crippen LogP contribution in [0.2, 0.25) is 0 Å². The van der Waals surface area contributed by atoms with E-state index >= 15 is 0 Å². The van der Waals surface area contributed by atoms with Crippen molar-refractivity contribution in [2.75, 3.05) is 0 Å². The molecule has 4 nitrogen and oxygen atoms in total. The first kappa shape index (κ1) is 24.5. The molecule has 0 amide bonds. The third-order valence-corrected chi connectivity index (χ3v) is 4.42. The molecule has 0 rings (SSSR count). The van der Waals surface area contributed by atoms with Gasteiger partial charge in [0.05, 0.1) is 0 Å². The molecule has 0 aromatic heterocycles. The molecule has 22 heavy (non-hydrogen) atoms. The van der Waals surface area contributed by atoms with E-state index in [0.29, 0.717) is 6.42 Å². The van der Waals surface area contributed by atoms with Crippen molar-refractivity contribution >= 4 is 49.7 Å². The number of hydrogen-bond acceptors (Lipinski definition) is 2. The van der Waals surface area contributed by atoms with Gasteiger partial charge in [-0.2, -0.15) is 0 Å². The molecule has 0 unspecified atom stereocenters. The predicted octanol–water partition coefficient (Wildman–Crippen LogP) is 4.56. The summed E-state index contributed by atoms with van der Waals surface area (Å²) in [5, 5.41) is 18.6. The summed E-state index contributed by atoms with van der Waals surface area (Å²) in [5.41, 5.74) is -1.62. The fourth-order valence-corrected chi connectivity index (χ4v) is 2.80. The van der Waals surface area contributed by atoms with Crippen molar-refractivity contribution in [1.29, 1.82) is 0 Å². The first-order chi connectivity index (χ1) is 9.89. The van der Waals surface area contributed by atoms with Crippen molar-refractivity contribution in [1.82, 2.24) is 0 Å². The van der Waals surface area contributed by atoms with Gasteiger partial charge in [0.2, 0.25) is 0 Å². The molecule has 0 aromatic carbocycles. The average molecular weight is 343 g/mol. The fraction of sp³-hybridized carbons (Fsp3) is 0.882. The van der Waals surface area contributed by atoms with Gasteiger partial charge < -0.3 is 13.1 Å². The van der Waals surface area contributed by atoms with Crippen LogP contribution < -0.4 is 0 Å². The van der Waals surface area contributed by atoms with Gasteiger partial charge >= 0.3 is 49.7 Å². The molecule has 0 aromatic rings. The van der Waals surface area contributed by atoms with Crippen LogP contribution in [0, 0.1) is 11.3 Å². The molecule has 0 aliphatic heterocycles. The van der Waals surface area contributed by atoms with E-state index in [2.05, 4.69) is 6.92 Å². The summed E-state index contributed by atoms with van der Waals surface area (Å²) in [5.74, 6) is -2.81. The van der Waals surface area contributed by atoms with Gasteiger partial charge in [0.15, 0.2) is 5.41 Å². The molecule has 0 fully saturated rings. The fourth-order valence-electron chi connectivity index (χ4n) is 2.80. The van der Waals surface area contributed by atoms with Gasteiger partial charge in [-0.1, -0.05) is 78.6 Å². The summed E-state index contributed by atoms with van der Waals surface area (Å²) in [6.45, 7) is 5.55. The van der Waals surface area contributed by atoms with Gasteiger partial charge in [-0.25, -0.2) is 0 Å². The molecule has 0 aliphatic carbocycles. The van der Waals surface area contributed by atoms with Gasteiger partial charge in [0.1, 0.15) is 0 Å². The Kier molecular flexibility index (Phi) is 15.1. The maximum atomic E-state index is 11.4. The molecular formula is C17H34CaO4. The van der Waals surface area contributed by atoms with Gasteiger partial charge in [-0.05, 0) is 12.3 Å². The maximum Gasteiger partial charge on any atom is 2.00 e. The summed E-state index contributed by atoms with van der Waals surface area (Å²) in [6, 6.07) is 0. The number of carbonyl (C=O) groups is 2. The van der Waals surface area contributed by atoms with E-state index in [9.17, 15) is 19.8 Å². The van der Waals surface area contributed by atoms with Crippen LogP contribution in [-0.4, -0.2) is 59.9 Å². The third kappa shape index (κ3) is 8.16. The number of hydrogen-bond donors (Lipinski definition) is 2. The first-order valence-electron chi connectivity index (χ1n) is 8.36. The Morgan fingerprint density at radius 2 is 1.23 bits per heavy atom. The summed E-state index contributed by atoms with van der Waals surface area (Å²) < 4.78 is 0. The van der Waals surface area contributed by atoms with Gasteiger partial charge in [0.25, 0.3) is 0 Å². The van der Waals surface area contributed by atoms with Crippen LogP contribution in [0.4, 0.5) is 0 Å². The van der Waals surface area contributed by atoms with Crippen molar-refractivity contribution in [3.63, 3.8) is 0 Å². The Labute approximate surface area is 168 Å². The molecule has 0 atom stereocenters. The average Bonchev–Trinajstić information content (AvgIpc) is 2.39. The topological polar surface area (TPSA) is 74.6 Å². The summed E-state index contributed by atoms with van der Waals surface area (Å²) in [7, 11) is 0. The van der Waals surface area contributed by atoms with E-state index in [0.717, 1.165) is 12.8 Å². The van der Waals surface area contributed by atoms with Crippen molar-refractivity contribution in [3.8, 4) is 0 Å². The maximum absolute atomic E-state index is 11.4. The summed E-state index contributed by atoms with van der Waals surface area (Å²) in [4.78, 5) is 22.8. The Bertz CT molecular complexity index is 312. The molecule has 0 spiro atoms. The standard InChI is InChI=1S/C17H32O4.Ca.2H/c1-4-5-6-7-8-9-10-11-12-13-17(14(2)3,15(18)19)16(20)21;;;/h14H,4-13H2,1-3H3,(H,18,19)(H,20,21);;;/q;+2;2*-1. The third-order valence-electron chi connectivity index (χ3n) is 4.42. The first-order valence-corrected chi connectivity index (χ1v) is 8.36. The Morgan fingerprint density at radius 1 is 0.864 bits per heavy atom. The van der Waals surface area contributed by atoms with Gasteiger partial charge in [0, 0.05) is 0 Å². The van der Waals surface area contributed by atoms with Crippen LogP contribution in [0.5, 0.6) is 0 Å². The zero-order chi connectivity index (χ0) is 16.3. The van der Waals surface area contributed by atoms with E-state index in [1.165, 1.54) is 38.5 Å². The zero-order valence-electron chi connectivity index (χ0n) is 16.6. The summed E-state index contributed by atoms with van der Waals surface area (Å²) >= 11 is 0. The smallest absolute Gasteiger partial charge is 1.00 e. The molecule has 2 N–H and O–H groups in total. The van der Waals surface area contributed by atoms with Gasteiger partial charge in [-0.3, -0.25) is 9.59 Å². The number of carboxylic acids is 2. The van der Waals surface area contributed by atoms with E-state index in [1.807, 2.05) is 0 Å². The minimum absolute atomic E-state index is 0. The molecule has 5 heteroatoms. The second-order valence-electron chi connectivity index (χ2n) is 6.31. The summed E-state index contributed by atoms with van der Waals surface area (Å²) in [6.07, 6.45) is 10.4. The SMILES string of the molecule is CCCCCCCCCCCC(C(=O)O)(C(=O)O)C(C)C.[Ca+2].[H-].[H-]. The largest absolute Gasteiger partial charge is 2.00 e. The quantitative estimate of drug-likeness (QED) is 0.292. The number of carboxylic acid groups (broad SMARTS) is 2. The van der Waals surface area contributed by atoms with Crippen LogP contribution in [-0.2, 0) is 9.59 Å². The number of unbranched alkanes of at least 4 members (excludes halogenated alkanes) is 8. The molecule has 0 aliphatic rings. The molecule has 0 saturated heterocycles. The Balaban J connectivity index is -0.000000667. The minimum atomic E-state index is -1.62. The van der Waals surface area contributed by atoms with Crippen LogP contribution in [0.1, 0.15) is 87.8 Å². The van der Waals surface area contributed by atoms with Crippen molar-refractivity contribution in [3.05, 3.63) is 0 Å². The van der Waals surface area contributed by atoms with E-state index < -0.39 is 23.3 Å². The van der Waals surface area contributed by atoms with Crippen molar-refractivity contribution in [2.45, 2.75) is 85.0 Å². The van der Waals surface area contributed by atoms with Crippen LogP contribution in [0.25, 0.3) is 0 Å². The van der Waals surface area contributed by atoms with Gasteiger partial charge in [-0.15, -0.1) is 0 Å². The second-order valence-corrected chi connectivity index (χ2v) is 6.31. The van der Waals surface area contributed by atoms with Crippen LogP contribution in [0.15, 0.2) is 0 Å². The van der Waals surface area contributed by atoms with E-state index in [1.54, 1.807) is 13.8 Å². The Morgan fingerprint density at radius 3 is 1.55 bits per heavy atom. The normalized spacial score (nSPS) is 11.3. The van der Waals surface area contributed by atoms with Crippen molar-refractivity contribution in [2.24, 2.45) is 11.3 Å². The molecular weight excluding hydrogens is 308 g/mol. The zero-order valence-corrected chi connectivity index (χ0v) is 16.8. The number of aliphatic carboxylic acids is 2. The molecule has 0 bridgehead atoms. The second kappa shape index (κ2) is 13.6. The molecule has 0 heterocycles. The molecule has 128 valence electrons. The number of rotatable bonds is 13. The molecule has 0 saturated carbocycles. The predicted molar refractivity (Wildman–Crippen MR) is 92.4 cm³/mol. The molecule has 0 radical (unpaired) electrons.